The van der Waals surface area contributed by atoms with Gasteiger partial charge in [-0.15, -0.1) is 0 Å². The summed E-state index contributed by atoms with van der Waals surface area (Å²) >= 11 is 1.59. The van der Waals surface area contributed by atoms with Gasteiger partial charge in [0.05, 0.1) is 5.69 Å². The maximum atomic E-state index is 14.6. The summed E-state index contributed by atoms with van der Waals surface area (Å²) in [6.07, 6.45) is 8.43. The molecule has 204 valence electrons. The Labute approximate surface area is 227 Å². The molecule has 1 amide bonds. The maximum Gasteiger partial charge on any atom is 0.273 e. The highest BCUT2D eigenvalue weighted by atomic mass is 32.1. The van der Waals surface area contributed by atoms with Gasteiger partial charge >= 0.3 is 0 Å². The second-order valence-corrected chi connectivity index (χ2v) is 12.7. The normalized spacial score (nSPS) is 23.7. The third kappa shape index (κ3) is 5.88. The monoisotopic (exact) mass is 540 g/mol. The van der Waals surface area contributed by atoms with Gasteiger partial charge in [-0.2, -0.15) is 0 Å². The van der Waals surface area contributed by atoms with Crippen molar-refractivity contribution in [3.63, 3.8) is 0 Å². The first-order chi connectivity index (χ1) is 18.3. The third-order valence-electron chi connectivity index (χ3n) is 8.49. The molecule has 1 unspecified atom stereocenters. The molecule has 0 spiro atoms. The van der Waals surface area contributed by atoms with Crippen LogP contribution in [0.5, 0.6) is 5.19 Å². The first-order valence-corrected chi connectivity index (χ1v) is 14.8. The lowest BCUT2D eigenvalue weighted by Gasteiger charge is -2.32. The van der Waals surface area contributed by atoms with Crippen molar-refractivity contribution in [3.8, 4) is 5.19 Å². The SMILES string of the molecule is Cc1nc2cc(C(=O)NC3CCC(CCN4CCc5sc(OCC(C)(F)C6CC6)nc5C4)CC3)ccc2o1. The minimum Gasteiger partial charge on any atom is -0.467 e. The van der Waals surface area contributed by atoms with Crippen molar-refractivity contribution in [2.45, 2.75) is 83.5 Å². The van der Waals surface area contributed by atoms with E-state index in [0.717, 1.165) is 75.8 Å². The topological polar surface area (TPSA) is 80.5 Å². The van der Waals surface area contributed by atoms with Crippen LogP contribution in [0.3, 0.4) is 0 Å². The fourth-order valence-corrected chi connectivity index (χ4v) is 6.81. The number of aryl methyl sites for hydroxylation is 1. The van der Waals surface area contributed by atoms with E-state index in [1.165, 1.54) is 11.3 Å². The maximum absolute atomic E-state index is 14.6. The smallest absolute Gasteiger partial charge is 0.273 e. The highest BCUT2D eigenvalue weighted by molar-refractivity contribution is 7.13. The number of halogens is 1. The Balaban J connectivity index is 0.927. The lowest BCUT2D eigenvalue weighted by Crippen LogP contribution is -2.38. The summed E-state index contributed by atoms with van der Waals surface area (Å²) in [6.45, 7) is 6.53. The van der Waals surface area contributed by atoms with Crippen LogP contribution in [0.1, 0.15) is 78.7 Å². The molecule has 2 aromatic heterocycles. The van der Waals surface area contributed by atoms with Gasteiger partial charge < -0.3 is 14.5 Å². The third-order valence-corrected chi connectivity index (χ3v) is 9.56. The van der Waals surface area contributed by atoms with Crippen molar-refractivity contribution in [3.05, 3.63) is 40.2 Å². The number of nitrogens with one attached hydrogen (secondary N) is 1. The summed E-state index contributed by atoms with van der Waals surface area (Å²) in [5.41, 5.74) is 1.93. The van der Waals surface area contributed by atoms with E-state index in [0.29, 0.717) is 28.1 Å². The molecular weight excluding hydrogens is 503 g/mol. The van der Waals surface area contributed by atoms with Crippen LogP contribution in [0.2, 0.25) is 0 Å². The molecule has 0 bridgehead atoms. The van der Waals surface area contributed by atoms with Crippen molar-refractivity contribution in [1.29, 1.82) is 0 Å². The Morgan fingerprint density at radius 1 is 1.24 bits per heavy atom. The lowest BCUT2D eigenvalue weighted by molar-refractivity contribution is 0.0804. The number of carbonyl (C=O) groups is 1. The molecule has 1 aromatic carbocycles. The van der Waals surface area contributed by atoms with E-state index in [4.69, 9.17) is 14.1 Å². The number of nitrogens with zero attached hydrogens (tertiary/aromatic N) is 3. The minimum absolute atomic E-state index is 0.0320. The van der Waals surface area contributed by atoms with Crippen LogP contribution in [0.15, 0.2) is 22.6 Å². The Kier molecular flexibility index (Phi) is 7.16. The quantitative estimate of drug-likeness (QED) is 0.367. The van der Waals surface area contributed by atoms with E-state index >= 15 is 0 Å². The molecule has 7 nitrogen and oxygen atoms in total. The zero-order valence-corrected chi connectivity index (χ0v) is 23.1. The number of benzene rings is 1. The molecule has 2 saturated carbocycles. The van der Waals surface area contributed by atoms with Gasteiger partial charge in [-0.25, -0.2) is 14.4 Å². The number of hydrogen-bond acceptors (Lipinski definition) is 7. The highest BCUT2D eigenvalue weighted by Crippen LogP contribution is 2.42. The van der Waals surface area contributed by atoms with Crippen molar-refractivity contribution in [1.82, 2.24) is 20.2 Å². The fraction of sp³-hybridized carbons (Fsp3) is 0.621. The zero-order chi connectivity index (χ0) is 26.3. The molecule has 38 heavy (non-hydrogen) atoms. The molecule has 2 fully saturated rings. The number of thiazole rings is 1. The molecule has 2 aliphatic carbocycles. The molecule has 3 aliphatic rings. The second kappa shape index (κ2) is 10.6. The van der Waals surface area contributed by atoms with E-state index in [1.807, 2.05) is 19.1 Å². The fourth-order valence-electron chi connectivity index (χ4n) is 5.90. The first-order valence-electron chi connectivity index (χ1n) is 14.0. The van der Waals surface area contributed by atoms with Crippen LogP contribution in [-0.2, 0) is 13.0 Å². The van der Waals surface area contributed by atoms with Crippen LogP contribution in [0.4, 0.5) is 4.39 Å². The number of ether oxygens (including phenoxy) is 1. The van der Waals surface area contributed by atoms with Crippen molar-refractivity contribution in [2.75, 3.05) is 19.7 Å². The molecule has 3 heterocycles. The number of fused-ring (bicyclic) bond motifs is 2. The largest absolute Gasteiger partial charge is 0.467 e. The molecule has 6 rings (SSSR count). The van der Waals surface area contributed by atoms with E-state index in [2.05, 4.69) is 15.2 Å². The average Bonchev–Trinajstić information content (AvgIpc) is 3.59. The average molecular weight is 541 g/mol. The second-order valence-electron chi connectivity index (χ2n) is 11.6. The minimum atomic E-state index is -1.24. The number of rotatable bonds is 9. The van der Waals surface area contributed by atoms with Gasteiger partial charge in [-0.05, 0) is 94.9 Å². The van der Waals surface area contributed by atoms with Gasteiger partial charge in [0.25, 0.3) is 11.1 Å². The van der Waals surface area contributed by atoms with Gasteiger partial charge in [0.15, 0.2) is 11.5 Å². The van der Waals surface area contributed by atoms with Crippen molar-refractivity contribution in [2.24, 2.45) is 11.8 Å². The predicted molar refractivity (Wildman–Crippen MR) is 145 cm³/mol. The van der Waals surface area contributed by atoms with Crippen LogP contribution >= 0.6 is 11.3 Å². The number of carbonyl (C=O) groups excluding carboxylic acids is 1. The van der Waals surface area contributed by atoms with Crippen LogP contribution < -0.4 is 10.1 Å². The predicted octanol–water partition coefficient (Wildman–Crippen LogP) is 5.85. The van der Waals surface area contributed by atoms with E-state index in [1.54, 1.807) is 24.3 Å². The first kappa shape index (κ1) is 25.7. The lowest BCUT2D eigenvalue weighted by atomic mass is 9.84. The number of amides is 1. The molecule has 0 saturated heterocycles. The van der Waals surface area contributed by atoms with Crippen LogP contribution in [0, 0.1) is 18.8 Å². The number of hydrogen-bond donors (Lipinski definition) is 1. The van der Waals surface area contributed by atoms with Crippen LogP contribution in [-0.4, -0.2) is 52.2 Å². The summed E-state index contributed by atoms with van der Waals surface area (Å²) in [7, 11) is 0. The van der Waals surface area contributed by atoms with Gasteiger partial charge in [0.2, 0.25) is 0 Å². The van der Waals surface area contributed by atoms with Gasteiger partial charge in [0, 0.05) is 36.5 Å². The summed E-state index contributed by atoms with van der Waals surface area (Å²) in [6, 6.07) is 5.66. The number of oxazole rings is 1. The van der Waals surface area contributed by atoms with Crippen molar-refractivity contribution < 1.29 is 18.3 Å². The summed E-state index contributed by atoms with van der Waals surface area (Å²) < 4.78 is 25.9. The van der Waals surface area contributed by atoms with E-state index in [-0.39, 0.29) is 24.5 Å². The number of alkyl halides is 1. The van der Waals surface area contributed by atoms with Crippen molar-refractivity contribution >= 4 is 28.3 Å². The Morgan fingerprint density at radius 3 is 2.84 bits per heavy atom. The standard InChI is InChI=1S/C29H37FN4O3S/c1-18-31-23-15-20(5-10-25(23)37-18)27(35)32-22-8-3-19(4-9-22)11-13-34-14-12-26-24(16-34)33-28(38-26)36-17-29(2,30)21-6-7-21/h5,10,15,19,21-22H,3-4,6-9,11-14,16-17H2,1-2H3,(H,32,35). The van der Waals surface area contributed by atoms with Crippen LogP contribution in [0.25, 0.3) is 11.1 Å². The van der Waals surface area contributed by atoms with Gasteiger partial charge in [-0.3, -0.25) is 9.69 Å². The molecule has 1 atom stereocenters. The molecule has 9 heteroatoms. The van der Waals surface area contributed by atoms with Gasteiger partial charge in [0.1, 0.15) is 17.8 Å². The Bertz CT molecular complexity index is 1290. The molecular formula is C29H37FN4O3S. The molecule has 1 N–H and O–H groups in total. The van der Waals surface area contributed by atoms with E-state index < -0.39 is 5.67 Å². The zero-order valence-electron chi connectivity index (χ0n) is 22.3. The summed E-state index contributed by atoms with van der Waals surface area (Å²) in [5.74, 6) is 1.42. The van der Waals surface area contributed by atoms with Gasteiger partial charge in [-0.1, -0.05) is 11.3 Å². The summed E-state index contributed by atoms with van der Waals surface area (Å²) in [4.78, 5) is 25.6. The number of aromatic nitrogens is 2. The molecule has 0 radical (unpaired) electrons. The Hall–Kier alpha value is -2.52. The molecule has 1 aliphatic heterocycles. The van der Waals surface area contributed by atoms with E-state index in [9.17, 15) is 9.18 Å². The Morgan fingerprint density at radius 2 is 2.05 bits per heavy atom. The summed E-state index contributed by atoms with van der Waals surface area (Å²) in [5, 5.41) is 3.85. The molecule has 3 aromatic rings. The highest BCUT2D eigenvalue weighted by Gasteiger charge is 2.43.